The summed E-state index contributed by atoms with van der Waals surface area (Å²) in [5.74, 6) is 1.21. The second kappa shape index (κ2) is 10.2. The highest BCUT2D eigenvalue weighted by molar-refractivity contribution is 7.71. The minimum Gasteiger partial charge on any atom is -0.378 e. The van der Waals surface area contributed by atoms with Gasteiger partial charge in [-0.3, -0.25) is 14.3 Å². The van der Waals surface area contributed by atoms with Crippen LogP contribution in [0.1, 0.15) is 28.8 Å². The fourth-order valence-corrected chi connectivity index (χ4v) is 5.12. The molecule has 2 aromatic carbocycles. The monoisotopic (exact) mass is 477 g/mol. The molecule has 8 heteroatoms. The van der Waals surface area contributed by atoms with Gasteiger partial charge in [0.05, 0.1) is 25.6 Å². The molecule has 0 unspecified atom stereocenters. The Morgan fingerprint density at radius 2 is 1.68 bits per heavy atom. The van der Waals surface area contributed by atoms with Crippen LogP contribution in [0.2, 0.25) is 0 Å². The van der Waals surface area contributed by atoms with Crippen molar-refractivity contribution in [1.29, 1.82) is 0 Å². The molecular weight excluding hydrogens is 446 g/mol. The van der Waals surface area contributed by atoms with Crippen molar-refractivity contribution >= 4 is 23.9 Å². The SMILES string of the molecule is Cc1ccccc1-n1c(N2CCOCC2)nn(CN2CCC(C(=O)c3ccccc3)CC2)c1=S. The van der Waals surface area contributed by atoms with E-state index in [9.17, 15) is 4.79 Å². The standard InChI is InChI=1S/C26H31N5O2S/c1-20-7-5-6-10-23(20)31-25(29-15-17-33-18-16-29)27-30(26(31)34)19-28-13-11-22(12-14-28)24(32)21-8-3-2-4-9-21/h2-10,22H,11-19H2,1H3. The molecule has 7 nitrogen and oxygen atoms in total. The van der Waals surface area contributed by atoms with Crippen LogP contribution in [-0.4, -0.2) is 64.4 Å². The van der Waals surface area contributed by atoms with Crippen LogP contribution in [0, 0.1) is 17.6 Å². The molecular formula is C26H31N5O2S. The number of morpholine rings is 1. The Balaban J connectivity index is 1.35. The molecule has 0 amide bonds. The predicted octanol–water partition coefficient (Wildman–Crippen LogP) is 4.10. The molecule has 2 aliphatic rings. The molecule has 34 heavy (non-hydrogen) atoms. The van der Waals surface area contributed by atoms with E-state index in [1.807, 2.05) is 47.1 Å². The number of hydrogen-bond donors (Lipinski definition) is 0. The summed E-state index contributed by atoms with van der Waals surface area (Å²) in [6.45, 7) is 7.42. The number of nitrogens with zero attached hydrogens (tertiary/aromatic N) is 5. The van der Waals surface area contributed by atoms with Crippen molar-refractivity contribution < 1.29 is 9.53 Å². The van der Waals surface area contributed by atoms with Gasteiger partial charge in [0, 0.05) is 37.7 Å². The van der Waals surface area contributed by atoms with Gasteiger partial charge in [0.2, 0.25) is 10.7 Å². The van der Waals surface area contributed by atoms with Gasteiger partial charge in [-0.05, 0) is 43.6 Å². The molecule has 0 atom stereocenters. The number of aryl methyl sites for hydroxylation is 1. The number of carbonyl (C=O) groups is 1. The van der Waals surface area contributed by atoms with Crippen molar-refractivity contribution in [3.8, 4) is 5.69 Å². The molecule has 1 aromatic heterocycles. The number of piperidine rings is 1. The smallest absolute Gasteiger partial charge is 0.230 e. The van der Waals surface area contributed by atoms with Gasteiger partial charge in [0.15, 0.2) is 5.78 Å². The molecule has 3 aromatic rings. The van der Waals surface area contributed by atoms with Gasteiger partial charge in [-0.1, -0.05) is 48.5 Å². The van der Waals surface area contributed by atoms with Crippen LogP contribution in [-0.2, 0) is 11.4 Å². The van der Waals surface area contributed by atoms with Gasteiger partial charge < -0.3 is 9.64 Å². The number of Topliss-reactive ketones (excluding diaryl/α,β-unsaturated/α-hetero) is 1. The van der Waals surface area contributed by atoms with E-state index in [-0.39, 0.29) is 11.7 Å². The number of ketones is 1. The second-order valence-electron chi connectivity index (χ2n) is 9.07. The quantitative estimate of drug-likeness (QED) is 0.394. The molecule has 0 radical (unpaired) electrons. The Morgan fingerprint density at radius 3 is 2.38 bits per heavy atom. The van der Waals surface area contributed by atoms with Crippen molar-refractivity contribution in [2.45, 2.75) is 26.4 Å². The molecule has 3 heterocycles. The maximum absolute atomic E-state index is 12.9. The molecule has 5 rings (SSSR count). The first-order valence-electron chi connectivity index (χ1n) is 12.0. The van der Waals surface area contributed by atoms with Crippen molar-refractivity contribution in [3.05, 3.63) is 70.5 Å². The zero-order valence-corrected chi connectivity index (χ0v) is 20.4. The minimum atomic E-state index is 0.0834. The second-order valence-corrected chi connectivity index (χ2v) is 9.43. The summed E-state index contributed by atoms with van der Waals surface area (Å²) in [6.07, 6.45) is 1.71. The van der Waals surface area contributed by atoms with E-state index in [1.54, 1.807) is 0 Å². The summed E-state index contributed by atoms with van der Waals surface area (Å²) in [6, 6.07) is 17.9. The first kappa shape index (κ1) is 23.0. The average Bonchev–Trinajstić information content (AvgIpc) is 3.21. The van der Waals surface area contributed by atoms with Crippen molar-refractivity contribution in [2.24, 2.45) is 5.92 Å². The Bertz CT molecular complexity index is 1190. The third-order valence-electron chi connectivity index (χ3n) is 6.82. The number of aromatic nitrogens is 3. The van der Waals surface area contributed by atoms with Crippen molar-refractivity contribution in [3.63, 3.8) is 0 Å². The third-order valence-corrected chi connectivity index (χ3v) is 7.22. The number of benzene rings is 2. The number of carbonyl (C=O) groups excluding carboxylic acids is 1. The Hall–Kier alpha value is -2.81. The van der Waals surface area contributed by atoms with Crippen molar-refractivity contribution in [2.75, 3.05) is 44.3 Å². The number of hydrogen-bond acceptors (Lipinski definition) is 6. The molecule has 0 bridgehead atoms. The summed E-state index contributed by atoms with van der Waals surface area (Å²) >= 11 is 5.95. The summed E-state index contributed by atoms with van der Waals surface area (Å²) in [5.41, 5.74) is 3.04. The van der Waals surface area contributed by atoms with E-state index >= 15 is 0 Å². The fraction of sp³-hybridized carbons (Fsp3) is 0.423. The molecule has 178 valence electrons. The van der Waals surface area contributed by atoms with Crippen LogP contribution in [0.15, 0.2) is 54.6 Å². The zero-order chi connectivity index (χ0) is 23.5. The Morgan fingerprint density at radius 1 is 1.00 bits per heavy atom. The van der Waals surface area contributed by atoms with Crippen LogP contribution in [0.25, 0.3) is 5.69 Å². The van der Waals surface area contributed by atoms with Crippen LogP contribution in [0.3, 0.4) is 0 Å². The molecule has 0 aliphatic carbocycles. The van der Waals surface area contributed by atoms with Gasteiger partial charge >= 0.3 is 0 Å². The lowest BCUT2D eigenvalue weighted by Gasteiger charge is -2.31. The lowest BCUT2D eigenvalue weighted by atomic mass is 9.89. The van der Waals surface area contributed by atoms with E-state index in [2.05, 4.69) is 33.4 Å². The number of para-hydroxylation sites is 1. The maximum Gasteiger partial charge on any atom is 0.230 e. The topological polar surface area (TPSA) is 55.5 Å². The van der Waals surface area contributed by atoms with Crippen LogP contribution < -0.4 is 4.90 Å². The van der Waals surface area contributed by atoms with E-state index in [0.29, 0.717) is 24.7 Å². The molecule has 0 saturated carbocycles. The lowest BCUT2D eigenvalue weighted by Crippen LogP contribution is -2.38. The molecule has 0 spiro atoms. The summed E-state index contributed by atoms with van der Waals surface area (Å²) in [5, 5.41) is 4.98. The number of rotatable bonds is 6. The highest BCUT2D eigenvalue weighted by atomic mass is 32.1. The summed E-state index contributed by atoms with van der Waals surface area (Å²) < 4.78 is 10.3. The largest absolute Gasteiger partial charge is 0.378 e. The van der Waals surface area contributed by atoms with Gasteiger partial charge in [0.25, 0.3) is 0 Å². The number of anilines is 1. The Labute approximate surface area is 205 Å². The van der Waals surface area contributed by atoms with Gasteiger partial charge in [0.1, 0.15) is 0 Å². The molecule has 2 fully saturated rings. The van der Waals surface area contributed by atoms with Crippen molar-refractivity contribution in [1.82, 2.24) is 19.2 Å². The molecule has 0 N–H and O–H groups in total. The highest BCUT2D eigenvalue weighted by Gasteiger charge is 2.27. The minimum absolute atomic E-state index is 0.0834. The molecule has 2 aliphatic heterocycles. The maximum atomic E-state index is 12.9. The van der Waals surface area contributed by atoms with Gasteiger partial charge in [-0.2, -0.15) is 0 Å². The van der Waals surface area contributed by atoms with Crippen LogP contribution in [0.4, 0.5) is 5.95 Å². The van der Waals surface area contributed by atoms with Gasteiger partial charge in [-0.15, -0.1) is 5.10 Å². The fourth-order valence-electron chi connectivity index (χ4n) is 4.85. The van der Waals surface area contributed by atoms with E-state index in [1.165, 1.54) is 0 Å². The molecule has 2 saturated heterocycles. The summed E-state index contributed by atoms with van der Waals surface area (Å²) in [4.78, 5) is 17.5. The highest BCUT2D eigenvalue weighted by Crippen LogP contribution is 2.25. The van der Waals surface area contributed by atoms with Crippen LogP contribution in [0.5, 0.6) is 0 Å². The zero-order valence-electron chi connectivity index (χ0n) is 19.6. The van der Waals surface area contributed by atoms with E-state index in [0.717, 1.165) is 61.8 Å². The third kappa shape index (κ3) is 4.71. The predicted molar refractivity (Wildman–Crippen MR) is 135 cm³/mol. The average molecular weight is 478 g/mol. The normalized spacial score (nSPS) is 17.7. The van der Waals surface area contributed by atoms with E-state index < -0.39 is 0 Å². The number of ether oxygens (including phenoxy) is 1. The van der Waals surface area contributed by atoms with Crippen LogP contribution >= 0.6 is 12.2 Å². The van der Waals surface area contributed by atoms with E-state index in [4.69, 9.17) is 22.1 Å². The summed E-state index contributed by atoms with van der Waals surface area (Å²) in [7, 11) is 0. The Kier molecular flexibility index (Phi) is 6.89. The number of likely N-dealkylation sites (tertiary alicyclic amines) is 1. The lowest BCUT2D eigenvalue weighted by molar-refractivity contribution is 0.0803. The van der Waals surface area contributed by atoms with Gasteiger partial charge in [-0.25, -0.2) is 4.68 Å². The first-order valence-corrected chi connectivity index (χ1v) is 12.4. The first-order chi connectivity index (χ1) is 16.6.